The van der Waals surface area contributed by atoms with Gasteiger partial charge in [0.05, 0.1) is 0 Å². The topological polar surface area (TPSA) is 61.7 Å². The molecule has 0 amide bonds. The predicted molar refractivity (Wildman–Crippen MR) is 72.9 cm³/mol. The molecule has 4 nitrogen and oxygen atoms in total. The Hall–Kier alpha value is -1.52. The Bertz CT molecular complexity index is 641. The molecule has 5 rings (SSSR count). The summed E-state index contributed by atoms with van der Waals surface area (Å²) < 4.78 is 6.04. The van der Waals surface area contributed by atoms with Gasteiger partial charge in [-0.25, -0.2) is 0 Å². The average molecular weight is 271 g/mol. The molecule has 0 radical (unpaired) electrons. The minimum atomic E-state index is -0.595. The number of hydrogen-bond acceptors (Lipinski definition) is 4. The standard InChI is InChI=1S/C16H17NO3/c18-11-3-1-8-7-10-9-2-4-12(19)15-16(9,5-6-17-10)13(8)14(11)20-15/h1-4,9-10,12,15,17-19H,5-7H2/t9-,10?,12-,15+,16+/m1/s1. The summed E-state index contributed by atoms with van der Waals surface area (Å²) in [6.07, 6.45) is 5.08. The molecular formula is C16H17NO3. The van der Waals surface area contributed by atoms with Crippen molar-refractivity contribution in [3.05, 3.63) is 35.4 Å². The number of hydrogen-bond donors (Lipinski definition) is 3. The van der Waals surface area contributed by atoms with Crippen molar-refractivity contribution >= 4 is 0 Å². The number of phenolic OH excluding ortho intramolecular Hbond substituents is 1. The number of piperidine rings is 1. The number of aliphatic hydroxyl groups is 1. The van der Waals surface area contributed by atoms with Crippen molar-refractivity contribution in [3.63, 3.8) is 0 Å². The van der Waals surface area contributed by atoms with E-state index in [4.69, 9.17) is 4.74 Å². The first kappa shape index (κ1) is 11.2. The summed E-state index contributed by atoms with van der Waals surface area (Å²) in [6.45, 7) is 0.941. The van der Waals surface area contributed by atoms with Gasteiger partial charge in [0.25, 0.3) is 0 Å². The van der Waals surface area contributed by atoms with Crippen molar-refractivity contribution in [1.82, 2.24) is 5.32 Å². The molecule has 4 heteroatoms. The van der Waals surface area contributed by atoms with Gasteiger partial charge in [0.15, 0.2) is 11.5 Å². The second-order valence-corrected chi connectivity index (χ2v) is 6.44. The van der Waals surface area contributed by atoms with Gasteiger partial charge in [-0.3, -0.25) is 0 Å². The molecule has 104 valence electrons. The average Bonchev–Trinajstić information content (AvgIpc) is 2.78. The Labute approximate surface area is 117 Å². The third-order valence-corrected chi connectivity index (χ3v) is 5.68. The summed E-state index contributed by atoms with van der Waals surface area (Å²) >= 11 is 0. The van der Waals surface area contributed by atoms with Crippen LogP contribution in [0.2, 0.25) is 0 Å². The molecule has 1 spiro atoms. The van der Waals surface area contributed by atoms with E-state index < -0.39 is 6.10 Å². The summed E-state index contributed by atoms with van der Waals surface area (Å²) in [7, 11) is 0. The highest BCUT2D eigenvalue weighted by Crippen LogP contribution is 2.61. The zero-order chi connectivity index (χ0) is 13.5. The molecule has 2 heterocycles. The number of aliphatic hydroxyl groups excluding tert-OH is 1. The number of aromatic hydroxyl groups is 1. The Kier molecular flexibility index (Phi) is 1.89. The third kappa shape index (κ3) is 1.04. The summed E-state index contributed by atoms with van der Waals surface area (Å²) in [5, 5.41) is 24.1. The van der Waals surface area contributed by atoms with Crippen LogP contribution in [-0.2, 0) is 11.8 Å². The van der Waals surface area contributed by atoms with E-state index >= 15 is 0 Å². The summed E-state index contributed by atoms with van der Waals surface area (Å²) in [4.78, 5) is 0. The molecule has 2 aliphatic carbocycles. The molecule has 1 aromatic rings. The molecule has 2 bridgehead atoms. The maximum absolute atomic E-state index is 10.4. The van der Waals surface area contributed by atoms with Crippen LogP contribution in [0.4, 0.5) is 0 Å². The van der Waals surface area contributed by atoms with E-state index in [0.717, 1.165) is 24.9 Å². The van der Waals surface area contributed by atoms with Crippen LogP contribution < -0.4 is 10.1 Å². The van der Waals surface area contributed by atoms with Crippen molar-refractivity contribution in [3.8, 4) is 11.5 Å². The van der Waals surface area contributed by atoms with Gasteiger partial charge in [-0.05, 0) is 31.0 Å². The van der Waals surface area contributed by atoms with Crippen molar-refractivity contribution < 1.29 is 14.9 Å². The summed E-state index contributed by atoms with van der Waals surface area (Å²) in [5.74, 6) is 1.16. The van der Waals surface area contributed by atoms with Gasteiger partial charge in [-0.15, -0.1) is 0 Å². The monoisotopic (exact) mass is 271 g/mol. The van der Waals surface area contributed by atoms with Crippen LogP contribution in [0.3, 0.4) is 0 Å². The van der Waals surface area contributed by atoms with Crippen molar-refractivity contribution in [2.24, 2.45) is 5.92 Å². The largest absolute Gasteiger partial charge is 0.504 e. The number of benzene rings is 1. The van der Waals surface area contributed by atoms with Gasteiger partial charge in [0.2, 0.25) is 0 Å². The van der Waals surface area contributed by atoms with Crippen LogP contribution >= 0.6 is 0 Å². The predicted octanol–water partition coefficient (Wildman–Crippen LogP) is 0.856. The minimum Gasteiger partial charge on any atom is -0.504 e. The molecule has 3 N–H and O–H groups in total. The Balaban J connectivity index is 1.86. The molecule has 0 aromatic heterocycles. The first-order valence-electron chi connectivity index (χ1n) is 7.33. The zero-order valence-corrected chi connectivity index (χ0v) is 11.0. The molecule has 5 atom stereocenters. The fraction of sp³-hybridized carbons (Fsp3) is 0.500. The molecule has 1 aromatic carbocycles. The van der Waals surface area contributed by atoms with Gasteiger partial charge in [0.1, 0.15) is 12.2 Å². The summed E-state index contributed by atoms with van der Waals surface area (Å²) in [5.41, 5.74) is 2.26. The van der Waals surface area contributed by atoms with Crippen LogP contribution in [-0.4, -0.2) is 35.0 Å². The minimum absolute atomic E-state index is 0.161. The van der Waals surface area contributed by atoms with Crippen LogP contribution in [0.1, 0.15) is 17.5 Å². The first-order valence-corrected chi connectivity index (χ1v) is 7.33. The van der Waals surface area contributed by atoms with Gasteiger partial charge in [-0.2, -0.15) is 0 Å². The van der Waals surface area contributed by atoms with E-state index in [-0.39, 0.29) is 17.3 Å². The second-order valence-electron chi connectivity index (χ2n) is 6.44. The quantitative estimate of drug-likeness (QED) is 0.612. The molecule has 1 unspecified atom stereocenters. The van der Waals surface area contributed by atoms with E-state index in [2.05, 4.69) is 11.4 Å². The molecule has 1 saturated heterocycles. The smallest absolute Gasteiger partial charge is 0.165 e. The van der Waals surface area contributed by atoms with Crippen LogP contribution in [0.5, 0.6) is 11.5 Å². The number of nitrogens with one attached hydrogen (secondary N) is 1. The number of rotatable bonds is 0. The van der Waals surface area contributed by atoms with E-state index in [1.54, 1.807) is 6.07 Å². The highest BCUT2D eigenvalue weighted by molar-refractivity contribution is 5.61. The SMILES string of the molecule is Oc1ccc2c3c1O[C@H]1[C@H](O)C=C[C@@H]4C(C2)NCC[C@@]341. The first-order chi connectivity index (χ1) is 9.72. The molecule has 2 aliphatic heterocycles. The van der Waals surface area contributed by atoms with E-state index in [1.165, 1.54) is 5.56 Å². The lowest BCUT2D eigenvalue weighted by Gasteiger charge is -2.53. The fourth-order valence-corrected chi connectivity index (χ4v) is 4.98. The van der Waals surface area contributed by atoms with Gasteiger partial charge >= 0.3 is 0 Å². The number of phenols is 1. The maximum Gasteiger partial charge on any atom is 0.165 e. The normalized spacial score (nSPS) is 43.0. The molecule has 0 saturated carbocycles. The van der Waals surface area contributed by atoms with Crippen molar-refractivity contribution in [2.45, 2.75) is 36.5 Å². The molecule has 1 fully saturated rings. The van der Waals surface area contributed by atoms with Crippen LogP contribution in [0.25, 0.3) is 0 Å². The van der Waals surface area contributed by atoms with Crippen LogP contribution in [0, 0.1) is 5.92 Å². The van der Waals surface area contributed by atoms with Gasteiger partial charge in [-0.1, -0.05) is 18.2 Å². The summed E-state index contributed by atoms with van der Waals surface area (Å²) in [6, 6.07) is 4.14. The molecule has 4 aliphatic rings. The second kappa shape index (κ2) is 3.38. The van der Waals surface area contributed by atoms with Crippen LogP contribution in [0.15, 0.2) is 24.3 Å². The highest BCUT2D eigenvalue weighted by Gasteiger charge is 2.63. The van der Waals surface area contributed by atoms with Crippen molar-refractivity contribution in [2.75, 3.05) is 6.54 Å². The Morgan fingerprint density at radius 1 is 1.30 bits per heavy atom. The van der Waals surface area contributed by atoms with Gasteiger partial charge in [0, 0.05) is 22.9 Å². The van der Waals surface area contributed by atoms with E-state index in [1.807, 2.05) is 12.1 Å². The Morgan fingerprint density at radius 2 is 2.20 bits per heavy atom. The zero-order valence-electron chi connectivity index (χ0n) is 11.0. The Morgan fingerprint density at radius 3 is 3.10 bits per heavy atom. The third-order valence-electron chi connectivity index (χ3n) is 5.68. The lowest BCUT2D eigenvalue weighted by molar-refractivity contribution is -0.0177. The fourth-order valence-electron chi connectivity index (χ4n) is 4.98. The maximum atomic E-state index is 10.4. The lowest BCUT2D eigenvalue weighted by Crippen LogP contribution is -2.64. The van der Waals surface area contributed by atoms with E-state index in [0.29, 0.717) is 17.7 Å². The lowest BCUT2D eigenvalue weighted by atomic mass is 9.54. The van der Waals surface area contributed by atoms with Gasteiger partial charge < -0.3 is 20.3 Å². The molecular weight excluding hydrogens is 254 g/mol. The van der Waals surface area contributed by atoms with Crippen molar-refractivity contribution in [1.29, 1.82) is 0 Å². The van der Waals surface area contributed by atoms with E-state index in [9.17, 15) is 10.2 Å². The molecule has 20 heavy (non-hydrogen) atoms. The number of ether oxygens (including phenoxy) is 1. The highest BCUT2D eigenvalue weighted by atomic mass is 16.5.